The monoisotopic (exact) mass is 478 g/mol. The number of carbonyl (C=O) groups excluding carboxylic acids is 1. The zero-order valence-corrected chi connectivity index (χ0v) is 17.8. The van der Waals surface area contributed by atoms with Gasteiger partial charge in [0, 0.05) is 19.3 Å². The number of anilines is 4. The van der Waals surface area contributed by atoms with Crippen LogP contribution in [-0.2, 0) is 19.1 Å². The maximum absolute atomic E-state index is 14.7. The maximum Gasteiger partial charge on any atom is 0.418 e. The van der Waals surface area contributed by atoms with Crippen LogP contribution < -0.4 is 16.4 Å². The normalized spacial score (nSPS) is 13.9. The lowest BCUT2D eigenvalue weighted by Gasteiger charge is -2.25. The average molecular weight is 478 g/mol. The Hall–Kier alpha value is -3.80. The summed E-state index contributed by atoms with van der Waals surface area (Å²) < 4.78 is 69.1. The first-order valence-electron chi connectivity index (χ1n) is 10.1. The van der Waals surface area contributed by atoms with Crippen molar-refractivity contribution in [2.45, 2.75) is 19.1 Å². The van der Waals surface area contributed by atoms with Gasteiger partial charge in [0.1, 0.15) is 23.0 Å². The molecule has 0 saturated heterocycles. The second kappa shape index (κ2) is 8.86. The molecule has 0 aliphatic carbocycles. The Morgan fingerprint density at radius 3 is 2.59 bits per heavy atom. The van der Waals surface area contributed by atoms with Crippen LogP contribution in [0.1, 0.15) is 27.0 Å². The Labute approximate surface area is 190 Å². The molecule has 7 nitrogen and oxygen atoms in total. The lowest BCUT2D eigenvalue weighted by atomic mass is 9.99. The van der Waals surface area contributed by atoms with Crippen LogP contribution in [0.3, 0.4) is 0 Å². The summed E-state index contributed by atoms with van der Waals surface area (Å²) in [7, 11) is 1.93. The number of benzene rings is 2. The topological polar surface area (TPSA) is 96.2 Å². The van der Waals surface area contributed by atoms with Crippen molar-refractivity contribution in [3.05, 3.63) is 70.4 Å². The van der Waals surface area contributed by atoms with Gasteiger partial charge in [-0.2, -0.15) is 18.2 Å². The zero-order chi connectivity index (χ0) is 24.6. The molecule has 4 N–H and O–H groups in total. The summed E-state index contributed by atoms with van der Waals surface area (Å²) in [5.41, 5.74) is 4.46. The number of primary amides is 1. The molecule has 0 radical (unpaired) electrons. The van der Waals surface area contributed by atoms with Crippen LogP contribution in [-0.4, -0.2) is 34.4 Å². The number of nitrogens with zero attached hydrogens (tertiary/aromatic N) is 3. The number of alkyl halides is 3. The second-order valence-corrected chi connectivity index (χ2v) is 7.82. The van der Waals surface area contributed by atoms with Crippen LogP contribution in [0.2, 0.25) is 0 Å². The molecule has 0 fully saturated rings. The molecule has 3 aromatic rings. The van der Waals surface area contributed by atoms with Crippen molar-refractivity contribution >= 4 is 29.0 Å². The van der Waals surface area contributed by atoms with Crippen molar-refractivity contribution in [2.75, 3.05) is 24.2 Å². The minimum atomic E-state index is -4.88. The van der Waals surface area contributed by atoms with Crippen LogP contribution in [0.25, 0.3) is 0 Å². The second-order valence-electron chi connectivity index (χ2n) is 7.82. The predicted octanol–water partition coefficient (Wildman–Crippen LogP) is 4.35. The standard InChI is InChI=1S/C22H19F5N6O/c1-33-6-5-11-7-16(24)17(8-12(11)10-33)30-21-29-9-13(19(28)34)20(32-21)31-18-14(22(25,26)27)3-2-4-15(18)23/h2-4,7-9H,5-6,10H2,1H3,(H2,28,34)(H2,29,30,31,32). The minimum Gasteiger partial charge on any atom is -0.365 e. The van der Waals surface area contributed by atoms with Gasteiger partial charge in [0.15, 0.2) is 0 Å². The number of carbonyl (C=O) groups is 1. The van der Waals surface area contributed by atoms with Crippen molar-refractivity contribution in [2.24, 2.45) is 5.73 Å². The number of halogens is 5. The Balaban J connectivity index is 1.71. The summed E-state index contributed by atoms with van der Waals surface area (Å²) in [6.45, 7) is 1.40. The van der Waals surface area contributed by atoms with Gasteiger partial charge in [-0.25, -0.2) is 13.8 Å². The quantitative estimate of drug-likeness (QED) is 0.472. The van der Waals surface area contributed by atoms with E-state index in [4.69, 9.17) is 5.73 Å². The van der Waals surface area contributed by atoms with Gasteiger partial charge in [0.25, 0.3) is 5.91 Å². The number of aromatic nitrogens is 2. The molecule has 1 aliphatic rings. The van der Waals surface area contributed by atoms with E-state index in [1.54, 1.807) is 6.07 Å². The fourth-order valence-corrected chi connectivity index (χ4v) is 3.66. The van der Waals surface area contributed by atoms with Crippen molar-refractivity contribution < 1.29 is 26.7 Å². The van der Waals surface area contributed by atoms with Crippen molar-refractivity contribution in [3.63, 3.8) is 0 Å². The molecule has 4 rings (SSSR count). The van der Waals surface area contributed by atoms with Gasteiger partial charge in [-0.15, -0.1) is 0 Å². The third-order valence-corrected chi connectivity index (χ3v) is 5.36. The van der Waals surface area contributed by atoms with Gasteiger partial charge in [-0.1, -0.05) is 6.07 Å². The minimum absolute atomic E-state index is 0.0358. The van der Waals surface area contributed by atoms with Crippen LogP contribution >= 0.6 is 0 Å². The Kier molecular flexibility index (Phi) is 6.09. The summed E-state index contributed by atoms with van der Waals surface area (Å²) >= 11 is 0. The van der Waals surface area contributed by atoms with Gasteiger partial charge >= 0.3 is 6.18 Å². The fourth-order valence-electron chi connectivity index (χ4n) is 3.66. The average Bonchev–Trinajstić information content (AvgIpc) is 2.75. The summed E-state index contributed by atoms with van der Waals surface area (Å²) in [5, 5.41) is 4.87. The largest absolute Gasteiger partial charge is 0.418 e. The number of rotatable bonds is 5. The SMILES string of the molecule is CN1CCc2cc(F)c(Nc3ncc(C(N)=O)c(Nc4c(F)cccc4C(F)(F)F)n3)cc2C1. The van der Waals surface area contributed by atoms with E-state index in [0.29, 0.717) is 19.0 Å². The first kappa shape index (κ1) is 23.4. The molecule has 0 spiro atoms. The first-order valence-corrected chi connectivity index (χ1v) is 10.1. The molecular formula is C22H19F5N6O. The molecule has 0 unspecified atom stereocenters. The van der Waals surface area contributed by atoms with E-state index in [2.05, 4.69) is 25.5 Å². The summed E-state index contributed by atoms with van der Waals surface area (Å²) in [4.78, 5) is 21.7. The van der Waals surface area contributed by atoms with Crippen LogP contribution in [0.5, 0.6) is 0 Å². The number of likely N-dealkylation sites (N-methyl/N-ethyl adjacent to an activating group) is 1. The molecule has 1 aliphatic heterocycles. The van der Waals surface area contributed by atoms with Gasteiger partial charge in [-0.3, -0.25) is 4.79 Å². The molecule has 1 amide bonds. The van der Waals surface area contributed by atoms with Crippen molar-refractivity contribution in [3.8, 4) is 0 Å². The summed E-state index contributed by atoms with van der Waals surface area (Å²) in [6.07, 6.45) is -3.24. The molecule has 2 heterocycles. The molecule has 1 aromatic heterocycles. The number of hydrogen-bond acceptors (Lipinski definition) is 6. The van der Waals surface area contributed by atoms with E-state index < -0.39 is 40.8 Å². The number of hydrogen-bond donors (Lipinski definition) is 3. The van der Waals surface area contributed by atoms with Gasteiger partial charge in [0.2, 0.25) is 5.95 Å². The van der Waals surface area contributed by atoms with E-state index >= 15 is 0 Å². The Morgan fingerprint density at radius 1 is 1.12 bits per heavy atom. The van der Waals surface area contributed by atoms with Gasteiger partial charge < -0.3 is 21.3 Å². The van der Waals surface area contributed by atoms with Crippen molar-refractivity contribution in [1.82, 2.24) is 14.9 Å². The van der Waals surface area contributed by atoms with E-state index in [1.165, 1.54) is 6.07 Å². The number of amides is 1. The first-order chi connectivity index (χ1) is 16.0. The highest BCUT2D eigenvalue weighted by Crippen LogP contribution is 2.38. The highest BCUT2D eigenvalue weighted by molar-refractivity contribution is 5.98. The summed E-state index contributed by atoms with van der Waals surface area (Å²) in [5.74, 6) is -3.56. The van der Waals surface area contributed by atoms with E-state index in [0.717, 1.165) is 36.0 Å². The summed E-state index contributed by atoms with van der Waals surface area (Å²) in [6, 6.07) is 5.39. The smallest absolute Gasteiger partial charge is 0.365 e. The molecule has 0 saturated carbocycles. The van der Waals surface area contributed by atoms with Crippen molar-refractivity contribution in [1.29, 1.82) is 0 Å². The van der Waals surface area contributed by atoms with Gasteiger partial charge in [-0.05, 0) is 48.9 Å². The predicted molar refractivity (Wildman–Crippen MR) is 115 cm³/mol. The maximum atomic E-state index is 14.7. The number of fused-ring (bicyclic) bond motifs is 1. The number of nitrogens with two attached hydrogens (primary N) is 1. The van der Waals surface area contributed by atoms with E-state index in [-0.39, 0.29) is 17.2 Å². The third-order valence-electron chi connectivity index (χ3n) is 5.36. The third kappa shape index (κ3) is 4.76. The van der Waals surface area contributed by atoms with E-state index in [9.17, 15) is 26.7 Å². The van der Waals surface area contributed by atoms with Crippen LogP contribution in [0.4, 0.5) is 45.1 Å². The van der Waals surface area contributed by atoms with E-state index in [1.807, 2.05) is 7.05 Å². The highest BCUT2D eigenvalue weighted by atomic mass is 19.4. The Morgan fingerprint density at radius 2 is 1.88 bits per heavy atom. The zero-order valence-electron chi connectivity index (χ0n) is 17.8. The van der Waals surface area contributed by atoms with Gasteiger partial charge in [0.05, 0.1) is 16.9 Å². The molecule has 2 aromatic carbocycles. The number of nitrogens with one attached hydrogen (secondary N) is 2. The molecular weight excluding hydrogens is 459 g/mol. The van der Waals surface area contributed by atoms with Crippen LogP contribution in [0.15, 0.2) is 36.5 Å². The molecule has 0 atom stereocenters. The fraction of sp³-hybridized carbons (Fsp3) is 0.227. The lowest BCUT2D eigenvalue weighted by molar-refractivity contribution is -0.137. The molecule has 34 heavy (non-hydrogen) atoms. The number of para-hydroxylation sites is 1. The lowest BCUT2D eigenvalue weighted by Crippen LogP contribution is -2.26. The highest BCUT2D eigenvalue weighted by Gasteiger charge is 2.35. The Bertz CT molecular complexity index is 1260. The molecule has 12 heteroatoms. The van der Waals surface area contributed by atoms with Crippen LogP contribution in [0, 0.1) is 11.6 Å². The molecule has 0 bridgehead atoms. The molecule has 178 valence electrons.